The summed E-state index contributed by atoms with van der Waals surface area (Å²) in [6, 6.07) is 14.8. The summed E-state index contributed by atoms with van der Waals surface area (Å²) in [6.07, 6.45) is 0. The summed E-state index contributed by atoms with van der Waals surface area (Å²) in [7, 11) is 0. The first-order valence-electron chi connectivity index (χ1n) is 7.12. The molecule has 0 aliphatic rings. The summed E-state index contributed by atoms with van der Waals surface area (Å²) < 4.78 is 5.65. The third kappa shape index (κ3) is 3.14. The minimum Gasteiger partial charge on any atom is -0.455 e. The number of nitro groups is 1. The largest absolute Gasteiger partial charge is 0.455 e. The molecule has 120 valence electrons. The van der Waals surface area contributed by atoms with Crippen LogP contribution in [0, 0.1) is 10.1 Å². The highest BCUT2D eigenvalue weighted by Crippen LogP contribution is 2.19. The first-order chi connectivity index (χ1) is 11.5. The molecular formula is C17H13N3O4. The minimum absolute atomic E-state index is 0.152. The Bertz CT molecular complexity index is 926. The molecule has 1 N–H and O–H groups in total. The molecule has 7 nitrogen and oxygen atoms in total. The molecule has 0 fully saturated rings. The monoisotopic (exact) mass is 323 g/mol. The average molecular weight is 323 g/mol. The minimum atomic E-state index is -0.556. The van der Waals surface area contributed by atoms with Crippen molar-refractivity contribution in [2.45, 2.75) is 6.92 Å². The zero-order chi connectivity index (χ0) is 17.1. The molecule has 2 aromatic carbocycles. The fourth-order valence-corrected chi connectivity index (χ4v) is 2.18. The number of hydrogen-bond donors (Lipinski definition) is 1. The van der Waals surface area contributed by atoms with Gasteiger partial charge in [0.2, 0.25) is 0 Å². The molecule has 0 spiro atoms. The number of rotatable bonds is 4. The summed E-state index contributed by atoms with van der Waals surface area (Å²) in [5, 5.41) is 15.7. The molecule has 0 aliphatic heterocycles. The Morgan fingerprint density at radius 3 is 2.71 bits per heavy atom. The number of fused-ring (bicyclic) bond motifs is 1. The molecule has 1 heterocycles. The fraction of sp³-hybridized carbons (Fsp3) is 0.0588. The number of carbonyl (C=O) groups is 1. The highest BCUT2D eigenvalue weighted by atomic mass is 16.6. The van der Waals surface area contributed by atoms with Crippen LogP contribution in [-0.4, -0.2) is 16.5 Å². The van der Waals surface area contributed by atoms with Crippen LogP contribution in [0.4, 0.5) is 5.69 Å². The third-order valence-corrected chi connectivity index (χ3v) is 3.43. The van der Waals surface area contributed by atoms with Gasteiger partial charge in [-0.2, -0.15) is 5.10 Å². The SMILES string of the molecule is CC(=NNC(=O)c1cccc([N+](=O)[O-])c1)c1cc2ccccc2o1. The van der Waals surface area contributed by atoms with Gasteiger partial charge in [0.1, 0.15) is 11.3 Å². The van der Waals surface area contributed by atoms with Crippen molar-refractivity contribution in [2.24, 2.45) is 5.10 Å². The molecule has 0 atom stereocenters. The van der Waals surface area contributed by atoms with E-state index < -0.39 is 10.8 Å². The molecule has 0 saturated carbocycles. The molecular weight excluding hydrogens is 310 g/mol. The van der Waals surface area contributed by atoms with E-state index in [0.717, 1.165) is 11.0 Å². The molecule has 1 amide bonds. The van der Waals surface area contributed by atoms with Gasteiger partial charge in [-0.05, 0) is 25.1 Å². The first kappa shape index (κ1) is 15.4. The van der Waals surface area contributed by atoms with Crippen molar-refractivity contribution < 1.29 is 14.1 Å². The molecule has 0 aliphatic carbocycles. The molecule has 3 rings (SSSR count). The lowest BCUT2D eigenvalue weighted by atomic mass is 10.2. The molecule has 0 unspecified atom stereocenters. The number of benzene rings is 2. The van der Waals surface area contributed by atoms with E-state index in [1.807, 2.05) is 30.3 Å². The maximum Gasteiger partial charge on any atom is 0.271 e. The van der Waals surface area contributed by atoms with E-state index in [1.54, 1.807) is 6.92 Å². The number of hydrazone groups is 1. The van der Waals surface area contributed by atoms with Crippen LogP contribution in [0.5, 0.6) is 0 Å². The van der Waals surface area contributed by atoms with Crippen molar-refractivity contribution in [3.63, 3.8) is 0 Å². The molecule has 7 heteroatoms. The van der Waals surface area contributed by atoms with Crippen LogP contribution >= 0.6 is 0 Å². The van der Waals surface area contributed by atoms with Gasteiger partial charge in [0.25, 0.3) is 11.6 Å². The Kier molecular flexibility index (Phi) is 4.07. The van der Waals surface area contributed by atoms with Crippen molar-refractivity contribution >= 4 is 28.3 Å². The lowest BCUT2D eigenvalue weighted by Gasteiger charge is -2.01. The predicted molar refractivity (Wildman–Crippen MR) is 89.0 cm³/mol. The number of nitro benzene ring substituents is 1. The lowest BCUT2D eigenvalue weighted by Crippen LogP contribution is -2.19. The fourth-order valence-electron chi connectivity index (χ4n) is 2.18. The van der Waals surface area contributed by atoms with Gasteiger partial charge in [-0.3, -0.25) is 14.9 Å². The Balaban J connectivity index is 1.78. The second-order valence-corrected chi connectivity index (χ2v) is 5.09. The molecule has 0 radical (unpaired) electrons. The quantitative estimate of drug-likeness (QED) is 0.451. The number of nitrogens with zero attached hydrogens (tertiary/aromatic N) is 2. The van der Waals surface area contributed by atoms with E-state index in [0.29, 0.717) is 11.5 Å². The summed E-state index contributed by atoms with van der Waals surface area (Å²) >= 11 is 0. The standard InChI is InChI=1S/C17H13N3O4/c1-11(16-10-12-5-2-3-8-15(12)24-16)18-19-17(21)13-6-4-7-14(9-13)20(22)23/h2-10H,1H3,(H,19,21). The maximum atomic E-state index is 12.1. The van der Waals surface area contributed by atoms with Crippen molar-refractivity contribution in [3.05, 3.63) is 76.0 Å². The van der Waals surface area contributed by atoms with Crippen LogP contribution in [0.25, 0.3) is 11.0 Å². The highest BCUT2D eigenvalue weighted by Gasteiger charge is 2.12. The van der Waals surface area contributed by atoms with Gasteiger partial charge in [-0.1, -0.05) is 24.3 Å². The second-order valence-electron chi connectivity index (χ2n) is 5.09. The topological polar surface area (TPSA) is 97.7 Å². The Morgan fingerprint density at radius 2 is 1.96 bits per heavy atom. The van der Waals surface area contributed by atoms with Gasteiger partial charge in [-0.25, -0.2) is 5.43 Å². The van der Waals surface area contributed by atoms with Crippen LogP contribution < -0.4 is 5.43 Å². The van der Waals surface area contributed by atoms with Gasteiger partial charge in [0, 0.05) is 23.1 Å². The smallest absolute Gasteiger partial charge is 0.271 e. The number of furan rings is 1. The van der Waals surface area contributed by atoms with E-state index in [4.69, 9.17) is 4.42 Å². The molecule has 24 heavy (non-hydrogen) atoms. The van der Waals surface area contributed by atoms with E-state index in [9.17, 15) is 14.9 Å². The van der Waals surface area contributed by atoms with E-state index in [1.165, 1.54) is 24.3 Å². The predicted octanol–water partition coefficient (Wildman–Crippen LogP) is 3.50. The van der Waals surface area contributed by atoms with Crippen molar-refractivity contribution in [2.75, 3.05) is 0 Å². The normalized spacial score (nSPS) is 11.5. The number of non-ortho nitro benzene ring substituents is 1. The van der Waals surface area contributed by atoms with Gasteiger partial charge in [-0.15, -0.1) is 0 Å². The van der Waals surface area contributed by atoms with Crippen LogP contribution in [0.3, 0.4) is 0 Å². The van der Waals surface area contributed by atoms with Gasteiger partial charge in [0.05, 0.1) is 4.92 Å². The number of hydrogen-bond acceptors (Lipinski definition) is 5. The van der Waals surface area contributed by atoms with Gasteiger partial charge >= 0.3 is 0 Å². The van der Waals surface area contributed by atoms with Crippen LogP contribution in [0.15, 0.2) is 64.1 Å². The summed E-state index contributed by atoms with van der Waals surface area (Å²) in [5.41, 5.74) is 3.60. The van der Waals surface area contributed by atoms with Crippen LogP contribution in [0.1, 0.15) is 23.0 Å². The Labute approximate surface area is 136 Å². The maximum absolute atomic E-state index is 12.1. The van der Waals surface area contributed by atoms with E-state index in [-0.39, 0.29) is 11.3 Å². The number of para-hydroxylation sites is 1. The molecule has 0 saturated heterocycles. The van der Waals surface area contributed by atoms with Crippen molar-refractivity contribution in [1.82, 2.24) is 5.43 Å². The molecule has 3 aromatic rings. The third-order valence-electron chi connectivity index (χ3n) is 3.43. The first-order valence-corrected chi connectivity index (χ1v) is 7.12. The summed E-state index contributed by atoms with van der Waals surface area (Å²) in [4.78, 5) is 22.2. The van der Waals surface area contributed by atoms with E-state index >= 15 is 0 Å². The van der Waals surface area contributed by atoms with Gasteiger partial charge < -0.3 is 4.42 Å². The number of amides is 1. The Morgan fingerprint density at radius 1 is 1.17 bits per heavy atom. The second kappa shape index (κ2) is 6.33. The van der Waals surface area contributed by atoms with Crippen LogP contribution in [0.2, 0.25) is 0 Å². The Hall–Kier alpha value is -3.48. The van der Waals surface area contributed by atoms with Crippen molar-refractivity contribution in [1.29, 1.82) is 0 Å². The molecule has 1 aromatic heterocycles. The summed E-state index contributed by atoms with van der Waals surface area (Å²) in [6.45, 7) is 1.70. The van der Waals surface area contributed by atoms with Crippen LogP contribution in [-0.2, 0) is 0 Å². The zero-order valence-corrected chi connectivity index (χ0v) is 12.7. The molecule has 0 bridgehead atoms. The number of nitrogens with one attached hydrogen (secondary N) is 1. The van der Waals surface area contributed by atoms with Crippen molar-refractivity contribution in [3.8, 4) is 0 Å². The average Bonchev–Trinajstić information content (AvgIpc) is 3.03. The lowest BCUT2D eigenvalue weighted by molar-refractivity contribution is -0.384. The van der Waals surface area contributed by atoms with E-state index in [2.05, 4.69) is 10.5 Å². The highest BCUT2D eigenvalue weighted by molar-refractivity contribution is 6.01. The van der Waals surface area contributed by atoms with Gasteiger partial charge in [0.15, 0.2) is 5.76 Å². The summed E-state index contributed by atoms with van der Waals surface area (Å²) in [5.74, 6) is 0.00435. The zero-order valence-electron chi connectivity index (χ0n) is 12.7. The number of carbonyl (C=O) groups excluding carboxylic acids is 1.